The predicted molar refractivity (Wildman–Crippen MR) is 84.3 cm³/mol. The second-order valence-electron chi connectivity index (χ2n) is 5.44. The molecule has 118 valence electrons. The third kappa shape index (κ3) is 4.35. The van der Waals surface area contributed by atoms with Gasteiger partial charge in [0.15, 0.2) is 11.5 Å². The van der Waals surface area contributed by atoms with E-state index >= 15 is 0 Å². The summed E-state index contributed by atoms with van der Waals surface area (Å²) in [6, 6.07) is 6.48. The summed E-state index contributed by atoms with van der Waals surface area (Å²) in [6.45, 7) is 7.53. The highest BCUT2D eigenvalue weighted by molar-refractivity contribution is 5.43. The van der Waals surface area contributed by atoms with E-state index in [9.17, 15) is 0 Å². The first kappa shape index (κ1) is 16.1. The summed E-state index contributed by atoms with van der Waals surface area (Å²) < 4.78 is 16.9. The fraction of sp³-hybridized carbons (Fsp3) is 0.647. The third-order valence-electron chi connectivity index (χ3n) is 4.05. The Hall–Kier alpha value is -1.26. The maximum atomic E-state index is 6.01. The molecule has 0 radical (unpaired) electrons. The summed E-state index contributed by atoms with van der Waals surface area (Å²) in [5, 5.41) is 3.51. The zero-order valence-electron chi connectivity index (χ0n) is 13.4. The van der Waals surface area contributed by atoms with E-state index in [0.717, 1.165) is 44.1 Å². The van der Waals surface area contributed by atoms with Gasteiger partial charge in [-0.2, -0.15) is 0 Å². The van der Waals surface area contributed by atoms with Gasteiger partial charge in [0.25, 0.3) is 0 Å². The fourth-order valence-corrected chi connectivity index (χ4v) is 2.72. The minimum absolute atomic E-state index is 0.327. The lowest BCUT2D eigenvalue weighted by Crippen LogP contribution is -2.41. The molecule has 4 nitrogen and oxygen atoms in total. The molecule has 1 fully saturated rings. The Labute approximate surface area is 127 Å². The van der Waals surface area contributed by atoms with Crippen LogP contribution in [0.15, 0.2) is 18.2 Å². The van der Waals surface area contributed by atoms with Crippen LogP contribution < -0.4 is 14.8 Å². The van der Waals surface area contributed by atoms with Gasteiger partial charge < -0.3 is 19.5 Å². The van der Waals surface area contributed by atoms with Crippen LogP contribution in [-0.4, -0.2) is 39.5 Å². The van der Waals surface area contributed by atoms with Gasteiger partial charge in [0, 0.05) is 18.6 Å². The summed E-state index contributed by atoms with van der Waals surface area (Å²) in [5.41, 5.74) is 1.26. The molecular formula is C17H27NO3. The second kappa shape index (κ2) is 8.25. The molecule has 1 aliphatic heterocycles. The molecule has 1 saturated heterocycles. The van der Waals surface area contributed by atoms with Crippen LogP contribution in [0.4, 0.5) is 0 Å². The van der Waals surface area contributed by atoms with Crippen LogP contribution in [0.25, 0.3) is 0 Å². The highest BCUT2D eigenvalue weighted by Gasteiger charge is 2.25. The smallest absolute Gasteiger partial charge is 0.161 e. The van der Waals surface area contributed by atoms with Crippen molar-refractivity contribution in [2.45, 2.75) is 32.7 Å². The van der Waals surface area contributed by atoms with Crippen LogP contribution in [-0.2, 0) is 11.2 Å². The number of methoxy groups -OCH3 is 1. The molecule has 1 aromatic carbocycles. The van der Waals surface area contributed by atoms with Crippen molar-refractivity contribution in [3.63, 3.8) is 0 Å². The highest BCUT2D eigenvalue weighted by atomic mass is 16.5. The minimum Gasteiger partial charge on any atom is -0.493 e. The first-order valence-corrected chi connectivity index (χ1v) is 7.89. The number of hydrogen-bond acceptors (Lipinski definition) is 4. The lowest BCUT2D eigenvalue weighted by molar-refractivity contribution is 0.159. The average Bonchev–Trinajstić information content (AvgIpc) is 3.05. The summed E-state index contributed by atoms with van der Waals surface area (Å²) in [4.78, 5) is 0. The van der Waals surface area contributed by atoms with Crippen LogP contribution in [0.5, 0.6) is 11.5 Å². The van der Waals surface area contributed by atoms with Crippen LogP contribution >= 0.6 is 0 Å². The highest BCUT2D eigenvalue weighted by Crippen LogP contribution is 2.29. The molecule has 0 aromatic heterocycles. The van der Waals surface area contributed by atoms with Crippen molar-refractivity contribution in [1.82, 2.24) is 5.32 Å². The van der Waals surface area contributed by atoms with Gasteiger partial charge in [-0.25, -0.2) is 0 Å². The van der Waals surface area contributed by atoms with Crippen molar-refractivity contribution < 1.29 is 14.2 Å². The number of nitrogens with one attached hydrogen (secondary N) is 1. The zero-order chi connectivity index (χ0) is 15.1. The van der Waals surface area contributed by atoms with Gasteiger partial charge in [-0.15, -0.1) is 0 Å². The van der Waals surface area contributed by atoms with E-state index in [1.54, 1.807) is 7.11 Å². The van der Waals surface area contributed by atoms with E-state index < -0.39 is 0 Å². The van der Waals surface area contributed by atoms with Crippen molar-refractivity contribution in [3.8, 4) is 11.5 Å². The Bertz CT molecular complexity index is 430. The molecule has 2 unspecified atom stereocenters. The molecule has 4 heteroatoms. The molecule has 0 spiro atoms. The van der Waals surface area contributed by atoms with Crippen LogP contribution in [0, 0.1) is 5.92 Å². The lowest BCUT2D eigenvalue weighted by Gasteiger charge is -2.24. The molecule has 21 heavy (non-hydrogen) atoms. The number of benzene rings is 1. The van der Waals surface area contributed by atoms with E-state index in [1.165, 1.54) is 5.56 Å². The molecule has 1 aromatic rings. The minimum atomic E-state index is 0.327. The van der Waals surface area contributed by atoms with E-state index in [-0.39, 0.29) is 0 Å². The quantitative estimate of drug-likeness (QED) is 0.800. The average molecular weight is 293 g/mol. The van der Waals surface area contributed by atoms with Crippen LogP contribution in [0.1, 0.15) is 25.8 Å². The number of aryl methyl sites for hydroxylation is 1. The van der Waals surface area contributed by atoms with Gasteiger partial charge in [0.05, 0.1) is 13.7 Å². The molecule has 1 aliphatic rings. The van der Waals surface area contributed by atoms with Gasteiger partial charge in [-0.05, 0) is 37.1 Å². The maximum absolute atomic E-state index is 6.01. The SMILES string of the molecule is CCNC(COc1ccc(CC)cc1OC)C1CCOC1. The van der Waals surface area contributed by atoms with E-state index in [4.69, 9.17) is 14.2 Å². The van der Waals surface area contributed by atoms with E-state index in [0.29, 0.717) is 18.6 Å². The van der Waals surface area contributed by atoms with E-state index in [2.05, 4.69) is 31.3 Å². The van der Waals surface area contributed by atoms with Crippen LogP contribution in [0.2, 0.25) is 0 Å². The summed E-state index contributed by atoms with van der Waals surface area (Å²) >= 11 is 0. The predicted octanol–water partition coefficient (Wildman–Crippen LogP) is 2.65. The van der Waals surface area contributed by atoms with Crippen LogP contribution in [0.3, 0.4) is 0 Å². The Morgan fingerprint density at radius 1 is 1.33 bits per heavy atom. The Balaban J connectivity index is 1.99. The van der Waals surface area contributed by atoms with Gasteiger partial charge in [-0.1, -0.05) is 19.9 Å². The van der Waals surface area contributed by atoms with Gasteiger partial charge in [-0.3, -0.25) is 0 Å². The lowest BCUT2D eigenvalue weighted by atomic mass is 10.00. The zero-order valence-corrected chi connectivity index (χ0v) is 13.4. The summed E-state index contributed by atoms with van der Waals surface area (Å²) in [7, 11) is 1.69. The molecule has 1 heterocycles. The summed E-state index contributed by atoms with van der Waals surface area (Å²) in [6.07, 6.45) is 2.10. The molecule has 0 amide bonds. The topological polar surface area (TPSA) is 39.7 Å². The van der Waals surface area contributed by atoms with Crippen molar-refractivity contribution >= 4 is 0 Å². The number of ether oxygens (including phenoxy) is 3. The first-order chi connectivity index (χ1) is 10.3. The third-order valence-corrected chi connectivity index (χ3v) is 4.05. The van der Waals surface area contributed by atoms with Crippen molar-refractivity contribution in [1.29, 1.82) is 0 Å². The van der Waals surface area contributed by atoms with Gasteiger partial charge >= 0.3 is 0 Å². The largest absolute Gasteiger partial charge is 0.493 e. The molecule has 0 aliphatic carbocycles. The normalized spacial score (nSPS) is 19.5. The second-order valence-corrected chi connectivity index (χ2v) is 5.44. The molecule has 2 rings (SSSR count). The molecule has 2 atom stereocenters. The van der Waals surface area contributed by atoms with Gasteiger partial charge in [0.1, 0.15) is 6.61 Å². The monoisotopic (exact) mass is 293 g/mol. The fourth-order valence-electron chi connectivity index (χ4n) is 2.72. The maximum Gasteiger partial charge on any atom is 0.161 e. The molecular weight excluding hydrogens is 266 g/mol. The molecule has 0 bridgehead atoms. The standard InChI is InChI=1S/C17H27NO3/c1-4-13-6-7-16(17(10-13)19-3)21-12-15(18-5-2)14-8-9-20-11-14/h6-7,10,14-15,18H,4-5,8-9,11-12H2,1-3H3. The number of rotatable bonds is 8. The molecule has 1 N–H and O–H groups in total. The van der Waals surface area contributed by atoms with E-state index in [1.807, 2.05) is 6.07 Å². The molecule has 0 saturated carbocycles. The Morgan fingerprint density at radius 3 is 2.81 bits per heavy atom. The number of hydrogen-bond donors (Lipinski definition) is 1. The van der Waals surface area contributed by atoms with Crippen molar-refractivity contribution in [2.75, 3.05) is 33.5 Å². The number of likely N-dealkylation sites (N-methyl/N-ethyl adjacent to an activating group) is 1. The van der Waals surface area contributed by atoms with Crippen molar-refractivity contribution in [2.24, 2.45) is 5.92 Å². The Morgan fingerprint density at radius 2 is 2.19 bits per heavy atom. The first-order valence-electron chi connectivity index (χ1n) is 7.89. The van der Waals surface area contributed by atoms with Gasteiger partial charge in [0.2, 0.25) is 0 Å². The summed E-state index contributed by atoms with van der Waals surface area (Å²) in [5.74, 6) is 2.16. The Kier molecular flexibility index (Phi) is 6.33. The van der Waals surface area contributed by atoms with Crippen molar-refractivity contribution in [3.05, 3.63) is 23.8 Å².